The van der Waals surface area contributed by atoms with E-state index in [1.807, 2.05) is 6.08 Å². The minimum absolute atomic E-state index is 0.00609. The van der Waals surface area contributed by atoms with E-state index in [0.717, 1.165) is 32.1 Å². The summed E-state index contributed by atoms with van der Waals surface area (Å²) in [6.07, 6.45) is -0.0504. The summed E-state index contributed by atoms with van der Waals surface area (Å²) in [6, 6.07) is 0. The normalized spacial score (nSPS) is 44.6. The molecule has 1 saturated heterocycles. The van der Waals surface area contributed by atoms with Gasteiger partial charge in [0.25, 0.3) is 0 Å². The van der Waals surface area contributed by atoms with Crippen molar-refractivity contribution in [1.29, 1.82) is 0 Å². The number of hydrogen-bond donors (Lipinski definition) is 1. The van der Waals surface area contributed by atoms with Crippen molar-refractivity contribution in [1.82, 2.24) is 0 Å². The Bertz CT molecular complexity index is 826. The van der Waals surface area contributed by atoms with Crippen LogP contribution in [0.1, 0.15) is 72.1 Å². The Morgan fingerprint density at radius 2 is 1.58 bits per heavy atom. The van der Waals surface area contributed by atoms with E-state index in [4.69, 9.17) is 9.47 Å². The molecule has 6 atom stereocenters. The van der Waals surface area contributed by atoms with Crippen LogP contribution in [0.15, 0.2) is 11.6 Å². The van der Waals surface area contributed by atoms with E-state index in [1.54, 1.807) is 0 Å². The lowest BCUT2D eigenvalue weighted by atomic mass is 9.52. The molecule has 0 aromatic carbocycles. The smallest absolute Gasteiger partial charge is 0.383 e. The summed E-state index contributed by atoms with van der Waals surface area (Å²) >= 11 is 0. The number of alkyl halides is 5. The van der Waals surface area contributed by atoms with Crippen LogP contribution in [0.4, 0.5) is 22.0 Å². The number of fused-ring (bicyclic) bond motifs is 5. The molecule has 1 N–H and O–H groups in total. The molecular formula is C25H35F5O3. The van der Waals surface area contributed by atoms with Crippen molar-refractivity contribution < 1.29 is 36.5 Å². The van der Waals surface area contributed by atoms with Gasteiger partial charge in [0, 0.05) is 23.7 Å². The molecule has 1 heterocycles. The Labute approximate surface area is 192 Å². The molecule has 1 aliphatic heterocycles. The van der Waals surface area contributed by atoms with Crippen LogP contribution in [0, 0.1) is 34.5 Å². The largest absolute Gasteiger partial charge is 0.456 e. The average Bonchev–Trinajstić information content (AvgIpc) is 3.02. The zero-order valence-electron chi connectivity index (χ0n) is 19.6. The van der Waals surface area contributed by atoms with Gasteiger partial charge in [0.2, 0.25) is 0 Å². The highest BCUT2D eigenvalue weighted by molar-refractivity contribution is 5.29. The summed E-state index contributed by atoms with van der Waals surface area (Å²) < 4.78 is 81.4. The number of hydrogen-bond acceptors (Lipinski definition) is 3. The molecule has 1 spiro atoms. The third-order valence-electron chi connectivity index (χ3n) is 9.84. The molecular weight excluding hydrogens is 443 g/mol. The highest BCUT2D eigenvalue weighted by atomic mass is 19.4. The fourth-order valence-corrected chi connectivity index (χ4v) is 7.89. The Morgan fingerprint density at radius 1 is 0.909 bits per heavy atom. The number of halogens is 5. The van der Waals surface area contributed by atoms with Gasteiger partial charge in [-0.2, -0.15) is 22.0 Å². The van der Waals surface area contributed by atoms with Crippen molar-refractivity contribution in [3.8, 4) is 0 Å². The van der Waals surface area contributed by atoms with Crippen molar-refractivity contribution in [3.05, 3.63) is 11.6 Å². The van der Waals surface area contributed by atoms with Gasteiger partial charge >= 0.3 is 12.1 Å². The van der Waals surface area contributed by atoms with E-state index in [2.05, 4.69) is 13.8 Å². The van der Waals surface area contributed by atoms with E-state index in [0.29, 0.717) is 19.1 Å². The zero-order valence-corrected chi connectivity index (χ0v) is 19.6. The molecule has 4 fully saturated rings. The van der Waals surface area contributed by atoms with Gasteiger partial charge in [0.1, 0.15) is 5.60 Å². The summed E-state index contributed by atoms with van der Waals surface area (Å²) in [5.41, 5.74) is -3.35. The molecule has 33 heavy (non-hydrogen) atoms. The van der Waals surface area contributed by atoms with Gasteiger partial charge in [-0.05, 0) is 62.2 Å². The van der Waals surface area contributed by atoms with Gasteiger partial charge in [0.05, 0.1) is 13.2 Å². The molecule has 3 nitrogen and oxygen atoms in total. The summed E-state index contributed by atoms with van der Waals surface area (Å²) in [7, 11) is 0. The van der Waals surface area contributed by atoms with Crippen LogP contribution >= 0.6 is 0 Å². The molecule has 188 valence electrons. The molecule has 0 amide bonds. The maximum atomic E-state index is 14.6. The first-order valence-electron chi connectivity index (χ1n) is 12.3. The second kappa shape index (κ2) is 7.16. The Kier molecular flexibility index (Phi) is 5.20. The van der Waals surface area contributed by atoms with Crippen LogP contribution in [0.3, 0.4) is 0 Å². The number of rotatable bonds is 1. The number of ether oxygens (including phenoxy) is 2. The molecule has 3 saturated carbocycles. The van der Waals surface area contributed by atoms with Crippen LogP contribution in [0.25, 0.3) is 0 Å². The average molecular weight is 479 g/mol. The Hall–Kier alpha value is -0.730. The van der Waals surface area contributed by atoms with Crippen LogP contribution in [0.2, 0.25) is 0 Å². The summed E-state index contributed by atoms with van der Waals surface area (Å²) in [6.45, 7) is 6.99. The predicted octanol–water partition coefficient (Wildman–Crippen LogP) is 6.26. The molecule has 4 aliphatic carbocycles. The molecule has 8 heteroatoms. The quantitative estimate of drug-likeness (QED) is 0.357. The van der Waals surface area contributed by atoms with Crippen molar-refractivity contribution in [3.63, 3.8) is 0 Å². The molecule has 0 bridgehead atoms. The minimum atomic E-state index is -5.77. The third-order valence-corrected chi connectivity index (χ3v) is 9.84. The van der Waals surface area contributed by atoms with E-state index in [1.165, 1.54) is 12.5 Å². The van der Waals surface area contributed by atoms with E-state index >= 15 is 0 Å². The Morgan fingerprint density at radius 3 is 2.21 bits per heavy atom. The van der Waals surface area contributed by atoms with Gasteiger partial charge < -0.3 is 14.6 Å². The van der Waals surface area contributed by atoms with Crippen molar-refractivity contribution in [2.75, 3.05) is 13.2 Å². The lowest BCUT2D eigenvalue weighted by Crippen LogP contribution is -2.64. The zero-order chi connectivity index (χ0) is 24.1. The molecule has 0 radical (unpaired) electrons. The molecule has 5 rings (SSSR count). The monoisotopic (exact) mass is 478 g/mol. The van der Waals surface area contributed by atoms with Crippen LogP contribution in [0.5, 0.6) is 0 Å². The highest BCUT2D eigenvalue weighted by Crippen LogP contribution is 2.68. The number of aliphatic hydroxyl groups is 1. The molecule has 5 unspecified atom stereocenters. The topological polar surface area (TPSA) is 38.7 Å². The predicted molar refractivity (Wildman–Crippen MR) is 111 cm³/mol. The van der Waals surface area contributed by atoms with E-state index in [9.17, 15) is 27.1 Å². The SMILES string of the molecule is CC1(C)COC2(CCC3C4=CCC5(C)C(CC[C@@]5(O)C(F)(F)C(F)(F)F)C4CCC3C2)OC1. The fourth-order valence-electron chi connectivity index (χ4n) is 7.89. The van der Waals surface area contributed by atoms with Crippen molar-refractivity contribution in [2.24, 2.45) is 34.5 Å². The first-order chi connectivity index (χ1) is 15.1. The second-order valence-corrected chi connectivity index (χ2v) is 12.3. The first-order valence-corrected chi connectivity index (χ1v) is 12.3. The Balaban J connectivity index is 1.38. The lowest BCUT2D eigenvalue weighted by molar-refractivity contribution is -0.361. The van der Waals surface area contributed by atoms with Crippen molar-refractivity contribution in [2.45, 2.75) is 95.6 Å². The van der Waals surface area contributed by atoms with E-state index in [-0.39, 0.29) is 36.0 Å². The fraction of sp³-hybridized carbons (Fsp3) is 0.920. The van der Waals surface area contributed by atoms with Crippen LogP contribution in [-0.2, 0) is 9.47 Å². The van der Waals surface area contributed by atoms with Crippen LogP contribution in [-0.4, -0.2) is 41.8 Å². The van der Waals surface area contributed by atoms with Crippen LogP contribution < -0.4 is 0 Å². The van der Waals surface area contributed by atoms with Gasteiger partial charge in [-0.3, -0.25) is 0 Å². The maximum Gasteiger partial charge on any atom is 0.456 e. The molecule has 0 aromatic heterocycles. The number of allylic oxidation sites excluding steroid dienone is 2. The van der Waals surface area contributed by atoms with Gasteiger partial charge in [0.15, 0.2) is 5.79 Å². The van der Waals surface area contributed by atoms with E-state index < -0.39 is 35.3 Å². The standard InChI is InChI=1S/C25H35F5O3/c1-20(2)13-32-22(33-14-20)10-7-16-15(12-22)4-5-18-17(16)6-9-21(3)19(18)8-11-23(21,31)24(26,27)25(28,29)30/h6,15-16,18-19,31H,4-5,7-14H2,1-3H3/t15?,16?,18?,19?,21?,23-/m0/s1. The highest BCUT2D eigenvalue weighted by Gasteiger charge is 2.78. The minimum Gasteiger partial charge on any atom is -0.383 e. The third kappa shape index (κ3) is 3.29. The second-order valence-electron chi connectivity index (χ2n) is 12.3. The van der Waals surface area contributed by atoms with Gasteiger partial charge in [-0.1, -0.05) is 32.4 Å². The molecule has 0 aromatic rings. The summed E-state index contributed by atoms with van der Waals surface area (Å²) in [5, 5.41) is 10.9. The van der Waals surface area contributed by atoms with Gasteiger partial charge in [-0.25, -0.2) is 0 Å². The summed E-state index contributed by atoms with van der Waals surface area (Å²) in [5.74, 6) is -5.43. The van der Waals surface area contributed by atoms with Crippen molar-refractivity contribution >= 4 is 0 Å². The summed E-state index contributed by atoms with van der Waals surface area (Å²) in [4.78, 5) is 0. The maximum absolute atomic E-state index is 14.6. The first kappa shape index (κ1) is 24.0. The van der Waals surface area contributed by atoms with Gasteiger partial charge in [-0.15, -0.1) is 0 Å². The molecule has 5 aliphatic rings. The lowest BCUT2D eigenvalue weighted by Gasteiger charge is -2.56.